The van der Waals surface area contributed by atoms with Gasteiger partial charge in [0.15, 0.2) is 5.76 Å². The van der Waals surface area contributed by atoms with Crippen LogP contribution >= 0.6 is 0 Å². The van der Waals surface area contributed by atoms with Crippen molar-refractivity contribution in [3.63, 3.8) is 0 Å². The number of aromatic nitrogens is 1. The Morgan fingerprint density at radius 2 is 1.88 bits per heavy atom. The van der Waals surface area contributed by atoms with Gasteiger partial charge in [-0.25, -0.2) is 0 Å². The summed E-state index contributed by atoms with van der Waals surface area (Å²) in [4.78, 5) is 4.21. The average molecular weight is 232 g/mol. The van der Waals surface area contributed by atoms with Crippen molar-refractivity contribution in [1.82, 2.24) is 4.98 Å². The highest BCUT2D eigenvalue weighted by Crippen LogP contribution is 2.31. The molecule has 1 heterocycles. The second kappa shape index (κ2) is 4.49. The Labute approximate surface area is 100 Å². The third kappa shape index (κ3) is 2.25. The van der Waals surface area contributed by atoms with Crippen molar-refractivity contribution >= 4 is 6.01 Å². The van der Waals surface area contributed by atoms with Crippen LogP contribution in [0.3, 0.4) is 0 Å². The van der Waals surface area contributed by atoms with Gasteiger partial charge < -0.3 is 14.9 Å². The van der Waals surface area contributed by atoms with E-state index in [1.54, 1.807) is 7.11 Å². The number of nitrogens with zero attached hydrogens (tertiary/aromatic N) is 1. The molecule has 0 spiro atoms. The molecule has 0 radical (unpaired) electrons. The molecule has 0 bridgehead atoms. The summed E-state index contributed by atoms with van der Waals surface area (Å²) in [6.07, 6.45) is 0. The van der Waals surface area contributed by atoms with Gasteiger partial charge >= 0.3 is 0 Å². The summed E-state index contributed by atoms with van der Waals surface area (Å²) in [6, 6.07) is 7.85. The quantitative estimate of drug-likeness (QED) is 0.883. The molecule has 4 heteroatoms. The molecule has 0 fully saturated rings. The van der Waals surface area contributed by atoms with Crippen LogP contribution in [-0.4, -0.2) is 12.1 Å². The van der Waals surface area contributed by atoms with Crippen LogP contribution in [0.25, 0.3) is 11.3 Å². The number of rotatable bonds is 3. The number of nitrogens with two attached hydrogens (primary N) is 1. The molecule has 1 aromatic heterocycles. The predicted molar refractivity (Wildman–Crippen MR) is 67.0 cm³/mol. The molecule has 0 unspecified atom stereocenters. The Hall–Kier alpha value is -1.97. The first kappa shape index (κ1) is 11.5. The van der Waals surface area contributed by atoms with E-state index in [0.29, 0.717) is 0 Å². The average Bonchev–Trinajstić information content (AvgIpc) is 2.72. The van der Waals surface area contributed by atoms with E-state index in [-0.39, 0.29) is 11.9 Å². The molecular formula is C13H16N2O2. The van der Waals surface area contributed by atoms with Gasteiger partial charge in [-0.3, -0.25) is 0 Å². The number of anilines is 1. The number of ether oxygens (including phenoxy) is 1. The Kier molecular flexibility index (Phi) is 3.04. The lowest BCUT2D eigenvalue weighted by Gasteiger charge is -2.04. The molecule has 17 heavy (non-hydrogen) atoms. The number of methoxy groups -OCH3 is 1. The van der Waals surface area contributed by atoms with Crippen LogP contribution in [0.4, 0.5) is 6.01 Å². The zero-order valence-electron chi connectivity index (χ0n) is 10.2. The van der Waals surface area contributed by atoms with Crippen LogP contribution in [0, 0.1) is 0 Å². The molecule has 2 N–H and O–H groups in total. The molecule has 4 nitrogen and oxygen atoms in total. The number of nitrogen functional groups attached to an aromatic ring is 1. The van der Waals surface area contributed by atoms with Crippen molar-refractivity contribution in [3.05, 3.63) is 30.0 Å². The van der Waals surface area contributed by atoms with E-state index < -0.39 is 0 Å². The van der Waals surface area contributed by atoms with Gasteiger partial charge in [-0.15, -0.1) is 0 Å². The van der Waals surface area contributed by atoms with Crippen molar-refractivity contribution in [1.29, 1.82) is 0 Å². The van der Waals surface area contributed by atoms with Gasteiger partial charge in [-0.05, 0) is 30.2 Å². The van der Waals surface area contributed by atoms with Crippen molar-refractivity contribution in [2.45, 2.75) is 19.8 Å². The summed E-state index contributed by atoms with van der Waals surface area (Å²) in [5, 5.41) is 0. The van der Waals surface area contributed by atoms with Crippen LogP contribution in [-0.2, 0) is 0 Å². The fourth-order valence-corrected chi connectivity index (χ4v) is 1.69. The van der Waals surface area contributed by atoms with Crippen LogP contribution in [0.15, 0.2) is 28.7 Å². The zero-order chi connectivity index (χ0) is 12.4. The van der Waals surface area contributed by atoms with Crippen LogP contribution < -0.4 is 10.5 Å². The zero-order valence-corrected chi connectivity index (χ0v) is 10.2. The van der Waals surface area contributed by atoms with E-state index in [0.717, 1.165) is 22.8 Å². The Bertz CT molecular complexity index is 501. The number of oxazole rings is 1. The molecule has 0 atom stereocenters. The van der Waals surface area contributed by atoms with Gasteiger partial charge in [0.05, 0.1) is 12.8 Å². The fourth-order valence-electron chi connectivity index (χ4n) is 1.69. The van der Waals surface area contributed by atoms with Crippen molar-refractivity contribution in [2.24, 2.45) is 0 Å². The number of hydrogen-bond acceptors (Lipinski definition) is 4. The van der Waals surface area contributed by atoms with Gasteiger partial charge in [-0.2, -0.15) is 4.98 Å². The molecule has 1 aromatic carbocycles. The summed E-state index contributed by atoms with van der Waals surface area (Å²) in [5.74, 6) is 1.82. The highest BCUT2D eigenvalue weighted by atomic mass is 16.5. The third-order valence-corrected chi connectivity index (χ3v) is 2.57. The summed E-state index contributed by atoms with van der Waals surface area (Å²) < 4.78 is 10.6. The lowest BCUT2D eigenvalue weighted by atomic mass is 10.0. The standard InChI is InChI=1S/C13H16N2O2/c1-8(2)11-12(17-13(14)15-11)9-4-6-10(16-3)7-5-9/h4-8H,1-3H3,(H2,14,15). The van der Waals surface area contributed by atoms with Gasteiger partial charge in [-0.1, -0.05) is 13.8 Å². The largest absolute Gasteiger partial charge is 0.497 e. The van der Waals surface area contributed by atoms with E-state index in [2.05, 4.69) is 18.8 Å². The minimum atomic E-state index is 0.208. The summed E-state index contributed by atoms with van der Waals surface area (Å²) >= 11 is 0. The van der Waals surface area contributed by atoms with E-state index in [1.807, 2.05) is 24.3 Å². The van der Waals surface area contributed by atoms with Crippen LogP contribution in [0.2, 0.25) is 0 Å². The van der Waals surface area contributed by atoms with Crippen LogP contribution in [0.1, 0.15) is 25.5 Å². The van der Waals surface area contributed by atoms with Gasteiger partial charge in [0.1, 0.15) is 5.75 Å². The maximum Gasteiger partial charge on any atom is 0.292 e. The maximum absolute atomic E-state index is 5.61. The fraction of sp³-hybridized carbons (Fsp3) is 0.308. The molecular weight excluding hydrogens is 216 g/mol. The molecule has 90 valence electrons. The van der Waals surface area contributed by atoms with Crippen LogP contribution in [0.5, 0.6) is 5.75 Å². The molecule has 2 aromatic rings. The second-order valence-corrected chi connectivity index (χ2v) is 4.15. The normalized spacial score (nSPS) is 10.8. The monoisotopic (exact) mass is 232 g/mol. The third-order valence-electron chi connectivity index (χ3n) is 2.57. The first-order valence-electron chi connectivity index (χ1n) is 5.52. The summed E-state index contributed by atoms with van der Waals surface area (Å²) in [5.41, 5.74) is 7.45. The molecule has 0 aliphatic carbocycles. The molecule has 0 saturated heterocycles. The minimum Gasteiger partial charge on any atom is -0.497 e. The van der Waals surface area contributed by atoms with E-state index in [4.69, 9.17) is 14.9 Å². The highest BCUT2D eigenvalue weighted by molar-refractivity contribution is 5.62. The van der Waals surface area contributed by atoms with Crippen molar-refractivity contribution in [3.8, 4) is 17.1 Å². The molecule has 0 aliphatic heterocycles. The molecule has 0 amide bonds. The van der Waals surface area contributed by atoms with Gasteiger partial charge in [0.25, 0.3) is 6.01 Å². The number of hydrogen-bond donors (Lipinski definition) is 1. The van der Waals surface area contributed by atoms with E-state index >= 15 is 0 Å². The van der Waals surface area contributed by atoms with Crippen molar-refractivity contribution in [2.75, 3.05) is 12.8 Å². The lowest BCUT2D eigenvalue weighted by Crippen LogP contribution is -1.91. The molecule has 0 aliphatic rings. The predicted octanol–water partition coefficient (Wildman–Crippen LogP) is 3.06. The topological polar surface area (TPSA) is 61.3 Å². The SMILES string of the molecule is COc1ccc(-c2oc(N)nc2C(C)C)cc1. The summed E-state index contributed by atoms with van der Waals surface area (Å²) in [6.45, 7) is 4.12. The molecule has 0 saturated carbocycles. The van der Waals surface area contributed by atoms with Crippen molar-refractivity contribution < 1.29 is 9.15 Å². The Morgan fingerprint density at radius 1 is 1.24 bits per heavy atom. The van der Waals surface area contributed by atoms with E-state index in [1.165, 1.54) is 0 Å². The highest BCUT2D eigenvalue weighted by Gasteiger charge is 2.16. The van der Waals surface area contributed by atoms with Gasteiger partial charge in [0, 0.05) is 5.56 Å². The summed E-state index contributed by atoms with van der Waals surface area (Å²) in [7, 11) is 1.64. The molecule has 2 rings (SSSR count). The maximum atomic E-state index is 5.61. The van der Waals surface area contributed by atoms with Gasteiger partial charge in [0.2, 0.25) is 0 Å². The lowest BCUT2D eigenvalue weighted by molar-refractivity contribution is 0.415. The first-order valence-corrected chi connectivity index (χ1v) is 5.52. The Morgan fingerprint density at radius 3 is 2.41 bits per heavy atom. The second-order valence-electron chi connectivity index (χ2n) is 4.15. The van der Waals surface area contributed by atoms with E-state index in [9.17, 15) is 0 Å². The number of benzene rings is 1. The minimum absolute atomic E-state index is 0.208. The smallest absolute Gasteiger partial charge is 0.292 e. The Balaban J connectivity index is 2.44. The first-order chi connectivity index (χ1) is 8.11.